The molecule has 0 saturated heterocycles. The van der Waals surface area contributed by atoms with Gasteiger partial charge in [-0.2, -0.15) is 5.26 Å². The monoisotopic (exact) mass is 330 g/mol. The molecule has 1 fully saturated rings. The van der Waals surface area contributed by atoms with Crippen LogP contribution in [0.1, 0.15) is 45.6 Å². The standard InChI is InChI=1S/C19H26N2O3/c1-12-6-5-7-16(13(12)2)21-19(22)14(3)24-17-9-8-15(11-20)10-18(17)23-4/h8-10,12-14,16H,5-7H2,1-4H3,(H,21,22)/t12-,13-,14-,16+/m1/s1. The van der Waals surface area contributed by atoms with Crippen molar-refractivity contribution in [2.45, 2.75) is 52.2 Å². The Bertz CT molecular complexity index is 624. The summed E-state index contributed by atoms with van der Waals surface area (Å²) in [6.45, 7) is 6.17. The summed E-state index contributed by atoms with van der Waals surface area (Å²) in [4.78, 5) is 12.5. The van der Waals surface area contributed by atoms with Gasteiger partial charge < -0.3 is 14.8 Å². The summed E-state index contributed by atoms with van der Waals surface area (Å²) in [7, 11) is 1.51. The molecule has 130 valence electrons. The van der Waals surface area contributed by atoms with E-state index in [1.807, 2.05) is 0 Å². The number of amides is 1. The molecule has 0 heterocycles. The smallest absolute Gasteiger partial charge is 0.261 e. The van der Waals surface area contributed by atoms with Crippen LogP contribution in [0.15, 0.2) is 18.2 Å². The van der Waals surface area contributed by atoms with Crippen LogP contribution in [0.3, 0.4) is 0 Å². The van der Waals surface area contributed by atoms with Crippen molar-refractivity contribution in [3.63, 3.8) is 0 Å². The quantitative estimate of drug-likeness (QED) is 0.899. The van der Waals surface area contributed by atoms with E-state index in [0.29, 0.717) is 28.9 Å². The van der Waals surface area contributed by atoms with Crippen LogP contribution in [0.2, 0.25) is 0 Å². The summed E-state index contributed by atoms with van der Waals surface area (Å²) in [5.74, 6) is 1.89. The van der Waals surface area contributed by atoms with Crippen molar-refractivity contribution in [2.24, 2.45) is 11.8 Å². The highest BCUT2D eigenvalue weighted by Crippen LogP contribution is 2.30. The lowest BCUT2D eigenvalue weighted by Gasteiger charge is -2.35. The molecule has 24 heavy (non-hydrogen) atoms. The van der Waals surface area contributed by atoms with Crippen LogP contribution in [-0.2, 0) is 4.79 Å². The van der Waals surface area contributed by atoms with Crippen LogP contribution in [0, 0.1) is 23.2 Å². The zero-order valence-corrected chi connectivity index (χ0v) is 14.8. The van der Waals surface area contributed by atoms with Gasteiger partial charge in [-0.25, -0.2) is 0 Å². The molecular weight excluding hydrogens is 304 g/mol. The van der Waals surface area contributed by atoms with Crippen molar-refractivity contribution in [1.82, 2.24) is 5.32 Å². The molecule has 1 saturated carbocycles. The summed E-state index contributed by atoms with van der Waals surface area (Å²) in [6.07, 6.45) is 2.76. The van der Waals surface area contributed by atoms with Crippen LogP contribution < -0.4 is 14.8 Å². The van der Waals surface area contributed by atoms with Gasteiger partial charge in [-0.3, -0.25) is 4.79 Å². The lowest BCUT2D eigenvalue weighted by Crippen LogP contribution is -2.48. The Morgan fingerprint density at radius 2 is 2.08 bits per heavy atom. The number of methoxy groups -OCH3 is 1. The Hall–Kier alpha value is -2.22. The lowest BCUT2D eigenvalue weighted by molar-refractivity contribution is -0.128. The van der Waals surface area contributed by atoms with Gasteiger partial charge >= 0.3 is 0 Å². The molecule has 5 heteroatoms. The SMILES string of the molecule is COc1cc(C#N)ccc1O[C@H](C)C(=O)N[C@H]1CCC[C@@H](C)[C@H]1C. The average Bonchev–Trinajstić information content (AvgIpc) is 2.59. The average molecular weight is 330 g/mol. The predicted molar refractivity (Wildman–Crippen MR) is 91.9 cm³/mol. The van der Waals surface area contributed by atoms with Gasteiger partial charge in [0.25, 0.3) is 5.91 Å². The van der Waals surface area contributed by atoms with E-state index in [4.69, 9.17) is 14.7 Å². The van der Waals surface area contributed by atoms with Gasteiger partial charge in [-0.1, -0.05) is 26.7 Å². The third-order valence-electron chi connectivity index (χ3n) is 5.00. The summed E-state index contributed by atoms with van der Waals surface area (Å²) in [6, 6.07) is 7.16. The first-order valence-corrected chi connectivity index (χ1v) is 8.51. The van der Waals surface area contributed by atoms with E-state index in [-0.39, 0.29) is 11.9 Å². The van der Waals surface area contributed by atoms with Crippen LogP contribution >= 0.6 is 0 Å². The molecule has 0 spiro atoms. The number of hydrogen-bond acceptors (Lipinski definition) is 4. The summed E-state index contributed by atoms with van der Waals surface area (Å²) in [5.41, 5.74) is 0.487. The van der Waals surface area contributed by atoms with E-state index in [9.17, 15) is 4.79 Å². The maximum atomic E-state index is 12.5. The Morgan fingerprint density at radius 1 is 1.33 bits per heavy atom. The molecule has 0 unspecified atom stereocenters. The lowest BCUT2D eigenvalue weighted by atomic mass is 9.78. The van der Waals surface area contributed by atoms with Crippen molar-refractivity contribution in [3.8, 4) is 17.6 Å². The fourth-order valence-corrected chi connectivity index (χ4v) is 3.16. The third kappa shape index (κ3) is 4.19. The predicted octanol–water partition coefficient (Wildman–Crippen LogP) is 3.28. The van der Waals surface area contributed by atoms with E-state index in [0.717, 1.165) is 12.8 Å². The zero-order valence-electron chi connectivity index (χ0n) is 14.8. The Kier molecular flexibility index (Phi) is 6.08. The number of benzene rings is 1. The molecule has 0 bridgehead atoms. The highest BCUT2D eigenvalue weighted by Gasteiger charge is 2.29. The number of nitriles is 1. The van der Waals surface area contributed by atoms with E-state index in [1.54, 1.807) is 25.1 Å². The van der Waals surface area contributed by atoms with Gasteiger partial charge in [0.1, 0.15) is 0 Å². The normalized spacial score (nSPS) is 24.5. The second-order valence-corrected chi connectivity index (χ2v) is 6.62. The molecule has 1 aliphatic rings. The summed E-state index contributed by atoms with van der Waals surface area (Å²) in [5, 5.41) is 12.1. The molecule has 0 aromatic heterocycles. The maximum Gasteiger partial charge on any atom is 0.261 e. The van der Waals surface area contributed by atoms with Gasteiger partial charge in [0, 0.05) is 12.1 Å². The van der Waals surface area contributed by atoms with Crippen molar-refractivity contribution >= 4 is 5.91 Å². The molecule has 4 atom stereocenters. The summed E-state index contributed by atoms with van der Waals surface area (Å²) >= 11 is 0. The highest BCUT2D eigenvalue weighted by atomic mass is 16.5. The van der Waals surface area contributed by atoms with Crippen molar-refractivity contribution < 1.29 is 14.3 Å². The minimum Gasteiger partial charge on any atom is -0.493 e. The molecule has 1 aliphatic carbocycles. The first-order valence-electron chi connectivity index (χ1n) is 8.51. The maximum absolute atomic E-state index is 12.5. The van der Waals surface area contributed by atoms with Crippen LogP contribution in [-0.4, -0.2) is 25.2 Å². The third-order valence-corrected chi connectivity index (χ3v) is 5.00. The second-order valence-electron chi connectivity index (χ2n) is 6.62. The molecule has 1 amide bonds. The largest absolute Gasteiger partial charge is 0.493 e. The fraction of sp³-hybridized carbons (Fsp3) is 0.579. The minimum atomic E-state index is -0.628. The van der Waals surface area contributed by atoms with E-state index < -0.39 is 6.10 Å². The number of hydrogen-bond donors (Lipinski definition) is 1. The zero-order chi connectivity index (χ0) is 17.7. The fourth-order valence-electron chi connectivity index (χ4n) is 3.16. The number of ether oxygens (including phenoxy) is 2. The number of rotatable bonds is 5. The second kappa shape index (κ2) is 8.05. The molecule has 5 nitrogen and oxygen atoms in total. The molecule has 1 aromatic carbocycles. The Labute approximate surface area is 144 Å². The first kappa shape index (κ1) is 18.1. The number of carbonyl (C=O) groups is 1. The summed E-state index contributed by atoms with van der Waals surface area (Å²) < 4.78 is 11.0. The van der Waals surface area contributed by atoms with Gasteiger partial charge in [0.2, 0.25) is 0 Å². The van der Waals surface area contributed by atoms with E-state index in [1.165, 1.54) is 13.5 Å². The van der Waals surface area contributed by atoms with Gasteiger partial charge in [-0.15, -0.1) is 0 Å². The van der Waals surface area contributed by atoms with E-state index in [2.05, 4.69) is 25.2 Å². The number of nitrogens with one attached hydrogen (secondary N) is 1. The molecule has 0 radical (unpaired) electrons. The van der Waals surface area contributed by atoms with Gasteiger partial charge in [0.15, 0.2) is 17.6 Å². The Morgan fingerprint density at radius 3 is 2.75 bits per heavy atom. The molecule has 0 aliphatic heterocycles. The van der Waals surface area contributed by atoms with Crippen LogP contribution in [0.5, 0.6) is 11.5 Å². The number of nitrogens with zero attached hydrogens (tertiary/aromatic N) is 1. The molecular formula is C19H26N2O3. The number of carbonyl (C=O) groups excluding carboxylic acids is 1. The van der Waals surface area contributed by atoms with E-state index >= 15 is 0 Å². The van der Waals surface area contributed by atoms with Crippen molar-refractivity contribution in [1.29, 1.82) is 5.26 Å². The van der Waals surface area contributed by atoms with Crippen LogP contribution in [0.4, 0.5) is 0 Å². The van der Waals surface area contributed by atoms with Gasteiger partial charge in [-0.05, 0) is 37.3 Å². The van der Waals surface area contributed by atoms with Crippen molar-refractivity contribution in [2.75, 3.05) is 7.11 Å². The minimum absolute atomic E-state index is 0.118. The molecule has 1 aromatic rings. The van der Waals surface area contributed by atoms with Crippen molar-refractivity contribution in [3.05, 3.63) is 23.8 Å². The van der Waals surface area contributed by atoms with Gasteiger partial charge in [0.05, 0.1) is 18.7 Å². The van der Waals surface area contributed by atoms with Crippen LogP contribution in [0.25, 0.3) is 0 Å². The molecule has 2 rings (SSSR count). The highest BCUT2D eigenvalue weighted by molar-refractivity contribution is 5.81. The Balaban J connectivity index is 2.00. The molecule has 1 N–H and O–H groups in total. The first-order chi connectivity index (χ1) is 11.5. The topological polar surface area (TPSA) is 71.3 Å².